The first kappa shape index (κ1) is 75.5. The highest BCUT2D eigenvalue weighted by atomic mass is 16.6. The molecule has 0 N–H and O–H groups in total. The molecule has 0 aliphatic rings. The van der Waals surface area contributed by atoms with Gasteiger partial charge in [0.25, 0.3) is 0 Å². The normalized spacial score (nSPS) is 13.0. The summed E-state index contributed by atoms with van der Waals surface area (Å²) in [6.45, 7) is 6.36. The summed E-state index contributed by atoms with van der Waals surface area (Å²) in [6, 6.07) is 0. The van der Waals surface area contributed by atoms with Crippen LogP contribution < -0.4 is 0 Å². The molecule has 6 nitrogen and oxygen atoms in total. The van der Waals surface area contributed by atoms with Crippen LogP contribution >= 0.6 is 0 Å². The molecule has 0 amide bonds. The summed E-state index contributed by atoms with van der Waals surface area (Å²) in [5.41, 5.74) is 0. The summed E-state index contributed by atoms with van der Waals surface area (Å²) < 4.78 is 16.9. The van der Waals surface area contributed by atoms with Crippen LogP contribution in [0.5, 0.6) is 0 Å². The van der Waals surface area contributed by atoms with Crippen molar-refractivity contribution in [3.8, 4) is 0 Å². The molecule has 1 unspecified atom stereocenters. The minimum Gasteiger partial charge on any atom is -0.462 e. The standard InChI is InChI=1S/C74H122O6/c1-4-7-10-13-16-19-22-25-28-30-32-33-34-35-36-37-38-39-40-41-43-44-46-49-52-55-58-61-64-67-73(76)79-70-71(69-78-72(75)66-63-60-57-54-51-48-27-24-21-18-15-12-9-6-3)80-74(77)68-65-62-59-56-53-50-47-45-42-31-29-26-23-20-17-14-11-8-5-2/h7-8,10-11,15-20,24-29,32-33,35-36,42,45,71H,4-6,9,12-14,21-23,30-31,34,37-41,43-44,46-70H2,1-3H3/b10-7-,11-8-,18-15-,19-16-,20-17-,27-24-,28-25-,29-26-,33-32-,36-35-,45-42-. The van der Waals surface area contributed by atoms with E-state index in [1.807, 2.05) is 0 Å². The Morgan fingerprint density at radius 1 is 0.263 bits per heavy atom. The van der Waals surface area contributed by atoms with E-state index in [0.29, 0.717) is 19.3 Å². The van der Waals surface area contributed by atoms with Crippen molar-refractivity contribution in [1.29, 1.82) is 0 Å². The van der Waals surface area contributed by atoms with Crippen molar-refractivity contribution >= 4 is 17.9 Å². The summed E-state index contributed by atoms with van der Waals surface area (Å²) in [7, 11) is 0. The highest BCUT2D eigenvalue weighted by Crippen LogP contribution is 2.16. The van der Waals surface area contributed by atoms with Crippen molar-refractivity contribution in [2.24, 2.45) is 0 Å². The molecule has 6 heteroatoms. The Hall–Kier alpha value is -4.45. The summed E-state index contributed by atoms with van der Waals surface area (Å²) in [5, 5.41) is 0. The first-order valence-corrected chi connectivity index (χ1v) is 33.2. The maximum Gasteiger partial charge on any atom is 0.306 e. The minimum atomic E-state index is -0.797. The molecule has 0 aliphatic carbocycles. The van der Waals surface area contributed by atoms with Gasteiger partial charge in [0.1, 0.15) is 13.2 Å². The number of carbonyl (C=O) groups is 3. The molecule has 0 aliphatic heterocycles. The fourth-order valence-electron chi connectivity index (χ4n) is 8.95. The smallest absolute Gasteiger partial charge is 0.306 e. The molecule has 454 valence electrons. The lowest BCUT2D eigenvalue weighted by Gasteiger charge is -2.18. The van der Waals surface area contributed by atoms with Crippen LogP contribution in [0.1, 0.15) is 297 Å². The van der Waals surface area contributed by atoms with E-state index in [-0.39, 0.29) is 31.1 Å². The molecule has 0 aromatic rings. The van der Waals surface area contributed by atoms with E-state index in [2.05, 4.69) is 154 Å². The van der Waals surface area contributed by atoms with Gasteiger partial charge in [0.05, 0.1) is 0 Å². The fourth-order valence-corrected chi connectivity index (χ4v) is 8.95. The van der Waals surface area contributed by atoms with Gasteiger partial charge in [-0.15, -0.1) is 0 Å². The van der Waals surface area contributed by atoms with Crippen LogP contribution in [0, 0.1) is 0 Å². The Bertz CT molecular complexity index is 1700. The van der Waals surface area contributed by atoms with E-state index < -0.39 is 6.10 Å². The van der Waals surface area contributed by atoms with Gasteiger partial charge in [-0.2, -0.15) is 0 Å². The van der Waals surface area contributed by atoms with Gasteiger partial charge in [-0.3, -0.25) is 14.4 Å². The minimum absolute atomic E-state index is 0.0914. The molecule has 0 fully saturated rings. The van der Waals surface area contributed by atoms with Gasteiger partial charge in [-0.1, -0.05) is 283 Å². The molecule has 1 atom stereocenters. The van der Waals surface area contributed by atoms with E-state index in [9.17, 15) is 14.4 Å². The molecule has 0 aromatic heterocycles. The zero-order valence-electron chi connectivity index (χ0n) is 52.0. The fraction of sp³-hybridized carbons (Fsp3) is 0.662. The van der Waals surface area contributed by atoms with E-state index in [1.165, 1.54) is 103 Å². The van der Waals surface area contributed by atoms with E-state index >= 15 is 0 Å². The number of esters is 3. The lowest BCUT2D eigenvalue weighted by molar-refractivity contribution is -0.167. The number of hydrogen-bond donors (Lipinski definition) is 0. The molecule has 0 rings (SSSR count). The van der Waals surface area contributed by atoms with Crippen LogP contribution in [0.3, 0.4) is 0 Å². The number of hydrogen-bond acceptors (Lipinski definition) is 6. The number of allylic oxidation sites excluding steroid dienone is 22. The van der Waals surface area contributed by atoms with Crippen LogP contribution in [0.25, 0.3) is 0 Å². The quantitative estimate of drug-likeness (QED) is 0.0261. The zero-order valence-corrected chi connectivity index (χ0v) is 52.0. The molecule has 0 heterocycles. The van der Waals surface area contributed by atoms with Crippen LogP contribution in [-0.4, -0.2) is 37.2 Å². The molecule has 80 heavy (non-hydrogen) atoms. The van der Waals surface area contributed by atoms with Crippen LogP contribution in [0.4, 0.5) is 0 Å². The summed E-state index contributed by atoms with van der Waals surface area (Å²) in [5.74, 6) is -0.916. The van der Waals surface area contributed by atoms with Crippen molar-refractivity contribution in [2.45, 2.75) is 303 Å². The Labute approximate surface area is 494 Å². The van der Waals surface area contributed by atoms with Gasteiger partial charge in [0.2, 0.25) is 0 Å². The largest absolute Gasteiger partial charge is 0.462 e. The number of unbranched alkanes of at least 4 members (excludes halogenated alkanes) is 26. The van der Waals surface area contributed by atoms with Gasteiger partial charge in [0, 0.05) is 19.3 Å². The Kier molecular flexibility index (Phi) is 63.3. The maximum absolute atomic E-state index is 12.9. The van der Waals surface area contributed by atoms with Crippen molar-refractivity contribution in [3.63, 3.8) is 0 Å². The third kappa shape index (κ3) is 64.4. The van der Waals surface area contributed by atoms with Crippen LogP contribution in [0.2, 0.25) is 0 Å². The van der Waals surface area contributed by atoms with Crippen molar-refractivity contribution in [3.05, 3.63) is 134 Å². The first-order valence-electron chi connectivity index (χ1n) is 33.2. The van der Waals surface area contributed by atoms with Gasteiger partial charge in [-0.25, -0.2) is 0 Å². The maximum atomic E-state index is 12.9. The first-order chi connectivity index (χ1) is 39.5. The van der Waals surface area contributed by atoms with Gasteiger partial charge in [-0.05, 0) is 128 Å². The van der Waals surface area contributed by atoms with Gasteiger partial charge in [0.15, 0.2) is 6.10 Å². The number of rotatable bonds is 59. The van der Waals surface area contributed by atoms with Crippen LogP contribution in [0.15, 0.2) is 134 Å². The van der Waals surface area contributed by atoms with Gasteiger partial charge < -0.3 is 14.2 Å². The number of carbonyl (C=O) groups excluding carboxylic acids is 3. The second-order valence-electron chi connectivity index (χ2n) is 21.6. The summed E-state index contributed by atoms with van der Waals surface area (Å²) in [6.07, 6.45) is 94.6. The Balaban J connectivity index is 4.33. The molecule has 0 radical (unpaired) electrons. The van der Waals surface area contributed by atoms with Crippen molar-refractivity contribution in [2.75, 3.05) is 13.2 Å². The second kappa shape index (κ2) is 67.1. The average Bonchev–Trinajstić information content (AvgIpc) is 3.46. The molecule has 0 spiro atoms. The van der Waals surface area contributed by atoms with Gasteiger partial charge >= 0.3 is 17.9 Å². The topological polar surface area (TPSA) is 78.9 Å². The molecular formula is C74H122O6. The molecular weight excluding hydrogens is 985 g/mol. The lowest BCUT2D eigenvalue weighted by Crippen LogP contribution is -2.30. The third-order valence-electron chi connectivity index (χ3n) is 13.9. The Morgan fingerprint density at radius 2 is 0.487 bits per heavy atom. The summed E-state index contributed by atoms with van der Waals surface area (Å²) >= 11 is 0. The highest BCUT2D eigenvalue weighted by molar-refractivity contribution is 5.71. The molecule has 0 bridgehead atoms. The predicted molar refractivity (Wildman–Crippen MR) is 348 cm³/mol. The van der Waals surface area contributed by atoms with Crippen LogP contribution in [-0.2, 0) is 28.6 Å². The van der Waals surface area contributed by atoms with Crippen molar-refractivity contribution < 1.29 is 28.6 Å². The Morgan fingerprint density at radius 3 is 0.762 bits per heavy atom. The summed E-state index contributed by atoms with van der Waals surface area (Å²) in [4.78, 5) is 38.4. The van der Waals surface area contributed by atoms with E-state index in [1.54, 1.807) is 0 Å². The third-order valence-corrected chi connectivity index (χ3v) is 13.9. The molecule has 0 aromatic carbocycles. The van der Waals surface area contributed by atoms with E-state index in [4.69, 9.17) is 14.2 Å². The molecule has 0 saturated carbocycles. The average molecular weight is 1110 g/mol. The lowest BCUT2D eigenvalue weighted by atomic mass is 10.0. The monoisotopic (exact) mass is 1110 g/mol. The zero-order chi connectivity index (χ0) is 57.8. The predicted octanol–water partition coefficient (Wildman–Crippen LogP) is 22.9. The number of ether oxygens (including phenoxy) is 3. The molecule has 0 saturated heterocycles. The highest BCUT2D eigenvalue weighted by Gasteiger charge is 2.19. The van der Waals surface area contributed by atoms with Crippen molar-refractivity contribution in [1.82, 2.24) is 0 Å². The second-order valence-corrected chi connectivity index (χ2v) is 21.6. The van der Waals surface area contributed by atoms with E-state index in [0.717, 1.165) is 154 Å². The SMILES string of the molecule is CC/C=C\C/C=C\C/C=C\C/C=C\C/C=C\CCCCCCCCCCCCCCCC(=O)OCC(COC(=O)CCCCCCC/C=C\C/C=C\CCCC)OC(=O)CCCCCCCC/C=C\C/C=C\C/C=C\C/C=C\CC.